The maximum atomic E-state index is 8.00. The van der Waals surface area contributed by atoms with Crippen LogP contribution in [0.25, 0.3) is 0 Å². The second kappa shape index (κ2) is 17.0. The molecule has 0 aliphatic heterocycles. The number of aliphatic hydroxyl groups is 1. The van der Waals surface area contributed by atoms with Crippen LogP contribution < -0.4 is 22.1 Å². The monoisotopic (exact) mass is 178 g/mol. The third-order valence-corrected chi connectivity index (χ3v) is 1.00. The summed E-state index contributed by atoms with van der Waals surface area (Å²) in [4.78, 5) is 0. The van der Waals surface area contributed by atoms with Gasteiger partial charge in [-0.25, -0.2) is 0 Å². The van der Waals surface area contributed by atoms with Crippen molar-refractivity contribution in [2.24, 2.45) is 11.5 Å². The van der Waals surface area contributed by atoms with Crippen LogP contribution in [0.4, 0.5) is 0 Å². The maximum absolute atomic E-state index is 8.00. The molecule has 0 amide bonds. The number of aliphatic hydroxyl groups excluding tert-OH is 1. The summed E-state index contributed by atoms with van der Waals surface area (Å²) >= 11 is 0. The van der Waals surface area contributed by atoms with E-state index in [-0.39, 0.29) is 6.61 Å². The molecule has 0 radical (unpaired) electrons. The van der Waals surface area contributed by atoms with Gasteiger partial charge in [-0.15, -0.1) is 0 Å². The Hall–Kier alpha value is -0.200. The topological polar surface area (TPSA) is 96.3 Å². The molecule has 0 aliphatic rings. The molecule has 7 N–H and O–H groups in total. The smallest absolute Gasteiger partial charge is 0.0555 e. The van der Waals surface area contributed by atoms with Gasteiger partial charge < -0.3 is 27.2 Å². The lowest BCUT2D eigenvalue weighted by Crippen LogP contribution is -2.27. The number of hydrogen-bond donors (Lipinski definition) is 5. The summed E-state index contributed by atoms with van der Waals surface area (Å²) in [6, 6.07) is 0. The highest BCUT2D eigenvalue weighted by molar-refractivity contribution is 4.45. The summed E-state index contributed by atoms with van der Waals surface area (Å²) in [6.45, 7) is 4.06. The fourth-order valence-electron chi connectivity index (χ4n) is 0.441. The van der Waals surface area contributed by atoms with Gasteiger partial charge in [-0.05, 0) is 7.05 Å². The third kappa shape index (κ3) is 22.6. The average Bonchev–Trinajstić information content (AvgIpc) is 2.08. The van der Waals surface area contributed by atoms with Crippen molar-refractivity contribution in [1.82, 2.24) is 10.6 Å². The molecule has 0 fully saturated rings. The first-order chi connectivity index (χ1) is 5.83. The first-order valence-electron chi connectivity index (χ1n) is 4.19. The molecule has 0 aromatic carbocycles. The molecule has 0 atom stereocenters. The summed E-state index contributed by atoms with van der Waals surface area (Å²) in [5.41, 5.74) is 10.3. The first kappa shape index (κ1) is 14.3. The zero-order valence-corrected chi connectivity index (χ0v) is 7.84. The van der Waals surface area contributed by atoms with Crippen LogP contribution in [0.1, 0.15) is 0 Å². The summed E-state index contributed by atoms with van der Waals surface area (Å²) in [5, 5.41) is 13.8. The van der Waals surface area contributed by atoms with Crippen molar-refractivity contribution in [2.45, 2.75) is 0 Å². The van der Waals surface area contributed by atoms with Crippen LogP contribution >= 0.6 is 0 Å². The van der Waals surface area contributed by atoms with E-state index in [0.717, 1.165) is 13.1 Å². The van der Waals surface area contributed by atoms with Gasteiger partial charge in [0.1, 0.15) is 0 Å². The van der Waals surface area contributed by atoms with Crippen LogP contribution in [0.5, 0.6) is 0 Å². The van der Waals surface area contributed by atoms with E-state index < -0.39 is 0 Å². The number of nitrogens with one attached hydrogen (secondary N) is 2. The number of likely N-dealkylation sites (N-methyl/N-ethyl adjacent to an activating group) is 1. The van der Waals surface area contributed by atoms with Crippen LogP contribution in [0.15, 0.2) is 0 Å². The zero-order valence-electron chi connectivity index (χ0n) is 7.84. The molecule has 0 aromatic rings. The molecule has 0 aromatic heterocycles. The van der Waals surface area contributed by atoms with Gasteiger partial charge in [0.05, 0.1) is 6.61 Å². The van der Waals surface area contributed by atoms with Gasteiger partial charge in [-0.2, -0.15) is 0 Å². The minimum atomic E-state index is 0.233. The van der Waals surface area contributed by atoms with Crippen molar-refractivity contribution >= 4 is 0 Å². The van der Waals surface area contributed by atoms with Crippen molar-refractivity contribution in [3.05, 3.63) is 0 Å². The van der Waals surface area contributed by atoms with E-state index in [0.29, 0.717) is 19.6 Å². The van der Waals surface area contributed by atoms with Crippen molar-refractivity contribution in [3.8, 4) is 0 Å². The second-order valence-electron chi connectivity index (χ2n) is 2.15. The molecule has 0 unspecified atom stereocenters. The third-order valence-electron chi connectivity index (χ3n) is 1.00. The van der Waals surface area contributed by atoms with Gasteiger partial charge in [0, 0.05) is 32.7 Å². The van der Waals surface area contributed by atoms with Gasteiger partial charge in [0.15, 0.2) is 0 Å². The number of hydrogen-bond acceptors (Lipinski definition) is 5. The lowest BCUT2D eigenvalue weighted by atomic mass is 10.6. The van der Waals surface area contributed by atoms with Crippen molar-refractivity contribution < 1.29 is 5.11 Å². The molecule has 0 spiro atoms. The zero-order chi connectivity index (χ0) is 9.66. The lowest BCUT2D eigenvalue weighted by Gasteiger charge is -1.95. The van der Waals surface area contributed by atoms with Gasteiger partial charge in [0.25, 0.3) is 0 Å². The molecular weight excluding hydrogens is 156 g/mol. The molecule has 0 bridgehead atoms. The Morgan fingerprint density at radius 2 is 1.58 bits per heavy atom. The molecule has 12 heavy (non-hydrogen) atoms. The molecule has 76 valence electrons. The molecule has 5 nitrogen and oxygen atoms in total. The Morgan fingerprint density at radius 3 is 1.75 bits per heavy atom. The lowest BCUT2D eigenvalue weighted by molar-refractivity contribution is 0.296. The van der Waals surface area contributed by atoms with E-state index in [1.54, 1.807) is 7.05 Å². The molecular formula is C7H22N4O. The standard InChI is InChI=1S/C4H13N3.C3H9NO/c5-1-3-7-4-2-6;1-4-2-3-5/h7H,1-6H2;4-5H,2-3H2,1H3. The Labute approximate surface area is 74.5 Å². The van der Waals surface area contributed by atoms with E-state index in [2.05, 4.69) is 10.6 Å². The Balaban J connectivity index is 0. The second-order valence-corrected chi connectivity index (χ2v) is 2.15. The fourth-order valence-corrected chi connectivity index (χ4v) is 0.441. The Bertz CT molecular complexity index is 57.4. The van der Waals surface area contributed by atoms with Crippen LogP contribution in [0.3, 0.4) is 0 Å². The van der Waals surface area contributed by atoms with Crippen molar-refractivity contribution in [3.63, 3.8) is 0 Å². The van der Waals surface area contributed by atoms with Crippen molar-refractivity contribution in [2.75, 3.05) is 46.4 Å². The van der Waals surface area contributed by atoms with Crippen LogP contribution in [-0.4, -0.2) is 51.5 Å². The number of rotatable bonds is 6. The summed E-state index contributed by atoms with van der Waals surface area (Å²) in [7, 11) is 1.80. The highest BCUT2D eigenvalue weighted by Gasteiger charge is 1.76. The largest absolute Gasteiger partial charge is 0.395 e. The number of nitrogens with two attached hydrogens (primary N) is 2. The molecule has 0 heterocycles. The van der Waals surface area contributed by atoms with Gasteiger partial charge >= 0.3 is 0 Å². The molecule has 0 aliphatic carbocycles. The van der Waals surface area contributed by atoms with Crippen LogP contribution in [-0.2, 0) is 0 Å². The quantitative estimate of drug-likeness (QED) is 0.295. The fraction of sp³-hybridized carbons (Fsp3) is 1.00. The molecule has 0 saturated carbocycles. The SMILES string of the molecule is CNCCO.NCCNCCN. The summed E-state index contributed by atoms with van der Waals surface area (Å²) < 4.78 is 0. The predicted molar refractivity (Wildman–Crippen MR) is 52.0 cm³/mol. The van der Waals surface area contributed by atoms with E-state index >= 15 is 0 Å². The highest BCUT2D eigenvalue weighted by atomic mass is 16.3. The molecule has 5 heteroatoms. The highest BCUT2D eigenvalue weighted by Crippen LogP contribution is 1.49. The van der Waals surface area contributed by atoms with Gasteiger partial charge in [0.2, 0.25) is 0 Å². The first-order valence-corrected chi connectivity index (χ1v) is 4.19. The van der Waals surface area contributed by atoms with Crippen LogP contribution in [0, 0.1) is 0 Å². The minimum absolute atomic E-state index is 0.233. The average molecular weight is 178 g/mol. The summed E-state index contributed by atoms with van der Waals surface area (Å²) in [5.74, 6) is 0. The maximum Gasteiger partial charge on any atom is 0.0555 e. The van der Waals surface area contributed by atoms with E-state index in [1.807, 2.05) is 0 Å². The van der Waals surface area contributed by atoms with E-state index in [1.165, 1.54) is 0 Å². The Kier molecular flexibility index (Phi) is 20.4. The predicted octanol–water partition coefficient (Wildman–Crippen LogP) is -2.31. The van der Waals surface area contributed by atoms with Gasteiger partial charge in [-0.3, -0.25) is 0 Å². The molecule has 0 saturated heterocycles. The van der Waals surface area contributed by atoms with E-state index in [9.17, 15) is 0 Å². The van der Waals surface area contributed by atoms with Gasteiger partial charge in [-0.1, -0.05) is 0 Å². The van der Waals surface area contributed by atoms with E-state index in [4.69, 9.17) is 16.6 Å². The Morgan fingerprint density at radius 1 is 1.08 bits per heavy atom. The summed E-state index contributed by atoms with van der Waals surface area (Å²) in [6.07, 6.45) is 0. The normalized spacial score (nSPS) is 9.00. The van der Waals surface area contributed by atoms with Crippen LogP contribution in [0.2, 0.25) is 0 Å². The molecule has 0 rings (SSSR count). The minimum Gasteiger partial charge on any atom is -0.395 e. The van der Waals surface area contributed by atoms with Crippen molar-refractivity contribution in [1.29, 1.82) is 0 Å².